The smallest absolute Gasteiger partial charge is 0.0279 e. The van der Waals surface area contributed by atoms with Crippen molar-refractivity contribution in [3.8, 4) is 0 Å². The van der Waals surface area contributed by atoms with E-state index in [4.69, 9.17) is 5.84 Å². The van der Waals surface area contributed by atoms with Crippen molar-refractivity contribution in [3.05, 3.63) is 34.9 Å². The van der Waals surface area contributed by atoms with E-state index in [2.05, 4.69) is 37.5 Å². The summed E-state index contributed by atoms with van der Waals surface area (Å²) in [6.45, 7) is 4.32. The summed E-state index contributed by atoms with van der Waals surface area (Å²) in [5.41, 5.74) is 7.11. The average molecular weight is 204 g/mol. The zero-order chi connectivity index (χ0) is 10.8. The molecule has 1 atom stereocenters. The zero-order valence-corrected chi connectivity index (χ0v) is 9.59. The fourth-order valence-electron chi connectivity index (χ4n) is 2.12. The molecule has 0 spiro atoms. The van der Waals surface area contributed by atoms with Gasteiger partial charge >= 0.3 is 0 Å². The third-order valence-corrected chi connectivity index (χ3v) is 3.35. The van der Waals surface area contributed by atoms with Gasteiger partial charge in [0, 0.05) is 6.04 Å². The van der Waals surface area contributed by atoms with Gasteiger partial charge in [-0.2, -0.15) is 0 Å². The first-order valence-corrected chi connectivity index (χ1v) is 5.73. The van der Waals surface area contributed by atoms with Crippen LogP contribution >= 0.6 is 0 Å². The minimum Gasteiger partial charge on any atom is -0.271 e. The predicted molar refractivity (Wildman–Crippen MR) is 63.5 cm³/mol. The maximum absolute atomic E-state index is 5.60. The number of hydrazine groups is 1. The van der Waals surface area contributed by atoms with Gasteiger partial charge in [0.1, 0.15) is 0 Å². The van der Waals surface area contributed by atoms with Crippen molar-refractivity contribution in [1.82, 2.24) is 5.43 Å². The van der Waals surface area contributed by atoms with E-state index >= 15 is 0 Å². The maximum Gasteiger partial charge on any atom is 0.0279 e. The van der Waals surface area contributed by atoms with Gasteiger partial charge in [-0.15, -0.1) is 0 Å². The Bertz CT molecular complexity index is 342. The van der Waals surface area contributed by atoms with Crippen LogP contribution in [0.4, 0.5) is 0 Å². The molecule has 2 heteroatoms. The Hall–Kier alpha value is -0.860. The van der Waals surface area contributed by atoms with Crippen LogP contribution < -0.4 is 11.3 Å². The van der Waals surface area contributed by atoms with Crippen LogP contribution in [0.1, 0.15) is 29.5 Å². The molecule has 0 aliphatic heterocycles. The second-order valence-corrected chi connectivity index (χ2v) is 4.74. The fraction of sp³-hybridized carbons (Fsp3) is 0.538. The molecule has 2 nitrogen and oxygen atoms in total. The van der Waals surface area contributed by atoms with Gasteiger partial charge in [0.05, 0.1) is 0 Å². The molecule has 0 heterocycles. The van der Waals surface area contributed by atoms with Gasteiger partial charge in [0.25, 0.3) is 0 Å². The lowest BCUT2D eigenvalue weighted by Gasteiger charge is -2.16. The summed E-state index contributed by atoms with van der Waals surface area (Å²) in [5.74, 6) is 6.40. The quantitative estimate of drug-likeness (QED) is 0.582. The molecule has 0 aromatic heterocycles. The summed E-state index contributed by atoms with van der Waals surface area (Å²) in [6, 6.07) is 7.11. The van der Waals surface area contributed by atoms with Crippen molar-refractivity contribution in [2.75, 3.05) is 0 Å². The van der Waals surface area contributed by atoms with Gasteiger partial charge < -0.3 is 0 Å². The molecule has 0 radical (unpaired) electrons. The molecule has 15 heavy (non-hydrogen) atoms. The fourth-order valence-corrected chi connectivity index (χ4v) is 2.12. The van der Waals surface area contributed by atoms with Crippen molar-refractivity contribution >= 4 is 0 Å². The first kappa shape index (κ1) is 10.7. The van der Waals surface area contributed by atoms with Gasteiger partial charge in [0.15, 0.2) is 0 Å². The molecule has 1 aliphatic rings. The standard InChI is InChI=1S/C13H20N2/c1-9-3-4-10(2)12(7-9)8-13(15-14)11-5-6-11/h3-4,7,11,13,15H,5-6,8,14H2,1-2H3. The predicted octanol–water partition coefficient (Wildman–Crippen LogP) is 2.09. The third kappa shape index (κ3) is 2.58. The normalized spacial score (nSPS) is 17.8. The molecule has 82 valence electrons. The number of nitrogens with one attached hydrogen (secondary N) is 1. The van der Waals surface area contributed by atoms with Crippen molar-refractivity contribution in [2.24, 2.45) is 11.8 Å². The van der Waals surface area contributed by atoms with E-state index in [9.17, 15) is 0 Å². The van der Waals surface area contributed by atoms with Crippen LogP contribution in [0.25, 0.3) is 0 Å². The van der Waals surface area contributed by atoms with E-state index in [-0.39, 0.29) is 0 Å². The molecule has 1 aliphatic carbocycles. The van der Waals surface area contributed by atoms with Crippen molar-refractivity contribution in [2.45, 2.75) is 39.2 Å². The molecule has 1 aromatic rings. The number of benzene rings is 1. The van der Waals surface area contributed by atoms with E-state index in [1.165, 1.54) is 29.5 Å². The lowest BCUT2D eigenvalue weighted by atomic mass is 9.97. The SMILES string of the molecule is Cc1ccc(C)c(CC(NN)C2CC2)c1. The number of rotatable bonds is 4. The minimum atomic E-state index is 0.463. The first-order chi connectivity index (χ1) is 7.20. The van der Waals surface area contributed by atoms with Gasteiger partial charge in [-0.05, 0) is 50.2 Å². The molecule has 1 fully saturated rings. The first-order valence-electron chi connectivity index (χ1n) is 5.73. The summed E-state index contributed by atoms with van der Waals surface area (Å²) < 4.78 is 0. The topological polar surface area (TPSA) is 38.0 Å². The number of hydrogen-bond acceptors (Lipinski definition) is 2. The molecule has 2 rings (SSSR count). The Morgan fingerprint density at radius 1 is 1.40 bits per heavy atom. The van der Waals surface area contributed by atoms with Gasteiger partial charge in [-0.25, -0.2) is 0 Å². The second kappa shape index (κ2) is 4.33. The Morgan fingerprint density at radius 3 is 2.73 bits per heavy atom. The van der Waals surface area contributed by atoms with Gasteiger partial charge in [-0.3, -0.25) is 11.3 Å². The molecule has 3 N–H and O–H groups in total. The second-order valence-electron chi connectivity index (χ2n) is 4.74. The van der Waals surface area contributed by atoms with E-state index in [1.54, 1.807) is 0 Å². The van der Waals surface area contributed by atoms with Crippen molar-refractivity contribution in [3.63, 3.8) is 0 Å². The highest BCUT2D eigenvalue weighted by Gasteiger charge is 2.30. The molecule has 0 amide bonds. The highest BCUT2D eigenvalue weighted by atomic mass is 15.2. The van der Waals surface area contributed by atoms with Crippen LogP contribution in [0.3, 0.4) is 0 Å². The van der Waals surface area contributed by atoms with Crippen molar-refractivity contribution in [1.29, 1.82) is 0 Å². The number of hydrogen-bond donors (Lipinski definition) is 2. The Morgan fingerprint density at radius 2 is 2.13 bits per heavy atom. The van der Waals surface area contributed by atoms with Crippen LogP contribution in [-0.2, 0) is 6.42 Å². The Kier molecular flexibility index (Phi) is 3.08. The van der Waals surface area contributed by atoms with E-state index in [0.717, 1.165) is 12.3 Å². The molecule has 1 unspecified atom stereocenters. The number of aryl methyl sites for hydroxylation is 2. The Labute approximate surface area is 91.8 Å². The largest absolute Gasteiger partial charge is 0.271 e. The summed E-state index contributed by atoms with van der Waals surface area (Å²) in [4.78, 5) is 0. The van der Waals surface area contributed by atoms with Crippen molar-refractivity contribution < 1.29 is 0 Å². The molecule has 1 aromatic carbocycles. The van der Waals surface area contributed by atoms with Crippen LogP contribution in [-0.4, -0.2) is 6.04 Å². The van der Waals surface area contributed by atoms with E-state index < -0.39 is 0 Å². The van der Waals surface area contributed by atoms with E-state index in [1.807, 2.05) is 0 Å². The lowest BCUT2D eigenvalue weighted by Crippen LogP contribution is -2.38. The molecular weight excluding hydrogens is 184 g/mol. The molecular formula is C13H20N2. The summed E-state index contributed by atoms with van der Waals surface area (Å²) in [7, 11) is 0. The monoisotopic (exact) mass is 204 g/mol. The maximum atomic E-state index is 5.60. The highest BCUT2D eigenvalue weighted by Crippen LogP contribution is 2.34. The molecule has 1 saturated carbocycles. The summed E-state index contributed by atoms with van der Waals surface area (Å²) in [5, 5.41) is 0. The highest BCUT2D eigenvalue weighted by molar-refractivity contribution is 5.31. The summed E-state index contributed by atoms with van der Waals surface area (Å²) in [6.07, 6.45) is 3.73. The van der Waals surface area contributed by atoms with Crippen LogP contribution in [0.2, 0.25) is 0 Å². The number of nitrogens with two attached hydrogens (primary N) is 1. The zero-order valence-electron chi connectivity index (χ0n) is 9.59. The van der Waals surface area contributed by atoms with Crippen LogP contribution in [0.15, 0.2) is 18.2 Å². The Balaban J connectivity index is 2.11. The van der Waals surface area contributed by atoms with Gasteiger partial charge in [-0.1, -0.05) is 23.8 Å². The lowest BCUT2D eigenvalue weighted by molar-refractivity contribution is 0.471. The molecule has 0 bridgehead atoms. The molecule has 0 saturated heterocycles. The van der Waals surface area contributed by atoms with Crippen LogP contribution in [0.5, 0.6) is 0 Å². The van der Waals surface area contributed by atoms with Crippen LogP contribution in [0, 0.1) is 19.8 Å². The summed E-state index contributed by atoms with van der Waals surface area (Å²) >= 11 is 0. The average Bonchev–Trinajstić information content (AvgIpc) is 3.03. The van der Waals surface area contributed by atoms with E-state index in [0.29, 0.717) is 6.04 Å². The van der Waals surface area contributed by atoms with Gasteiger partial charge in [0.2, 0.25) is 0 Å². The minimum absolute atomic E-state index is 0.463. The third-order valence-electron chi connectivity index (χ3n) is 3.35.